The smallest absolute Gasteiger partial charge is 0.144 e. The molecule has 0 bridgehead atoms. The van der Waals surface area contributed by atoms with E-state index in [0.29, 0.717) is 5.71 Å². The van der Waals surface area contributed by atoms with Gasteiger partial charge in [0.15, 0.2) is 0 Å². The Balaban J connectivity index is 4.00. The number of rotatable bonds is 2. The molecule has 0 unspecified atom stereocenters. The number of hydrogen-bond donors (Lipinski definition) is 2. The Hall–Kier alpha value is -1.12. The molecule has 3 heteroatoms. The van der Waals surface area contributed by atoms with Crippen molar-refractivity contribution in [2.75, 3.05) is 0 Å². The molecular weight excluding hydrogens is 114 g/mol. The fourth-order valence-corrected chi connectivity index (χ4v) is 0.252. The van der Waals surface area contributed by atoms with Crippen LogP contribution in [-0.4, -0.2) is 11.5 Å². The number of amidine groups is 1. The first kappa shape index (κ1) is 7.88. The summed E-state index contributed by atoms with van der Waals surface area (Å²) >= 11 is 0. The quantitative estimate of drug-likeness (QED) is 0.418. The Kier molecular flexibility index (Phi) is 3.35. The molecule has 0 spiro atoms. The summed E-state index contributed by atoms with van der Waals surface area (Å²) in [6, 6.07) is 0. The average Bonchev–Trinajstić information content (AvgIpc) is 1.82. The van der Waals surface area contributed by atoms with E-state index < -0.39 is 0 Å². The van der Waals surface area contributed by atoms with Crippen LogP contribution in [0.15, 0.2) is 17.3 Å². The van der Waals surface area contributed by atoms with Crippen LogP contribution in [0.1, 0.15) is 13.8 Å². The van der Waals surface area contributed by atoms with E-state index in [1.807, 2.05) is 6.92 Å². The van der Waals surface area contributed by atoms with Crippen LogP contribution in [0.2, 0.25) is 0 Å². The van der Waals surface area contributed by atoms with Gasteiger partial charge in [-0.25, -0.2) is 4.99 Å². The van der Waals surface area contributed by atoms with Gasteiger partial charge < -0.3 is 11.1 Å². The largest absolute Gasteiger partial charge is 0.382 e. The Bertz CT molecular complexity index is 156. The summed E-state index contributed by atoms with van der Waals surface area (Å²) in [7, 11) is 0. The van der Waals surface area contributed by atoms with E-state index in [1.54, 1.807) is 19.2 Å². The first-order chi connectivity index (χ1) is 4.18. The number of aliphatic imine (C=N–C) groups is 1. The third-order valence-corrected chi connectivity index (χ3v) is 0.747. The summed E-state index contributed by atoms with van der Waals surface area (Å²) in [5.74, 6) is 0.271. The lowest BCUT2D eigenvalue weighted by Gasteiger charge is -1.90. The third-order valence-electron chi connectivity index (χ3n) is 0.747. The van der Waals surface area contributed by atoms with Crippen LogP contribution in [0.4, 0.5) is 0 Å². The van der Waals surface area contributed by atoms with Crippen molar-refractivity contribution in [3.8, 4) is 0 Å². The van der Waals surface area contributed by atoms with Gasteiger partial charge in [0.25, 0.3) is 0 Å². The Morgan fingerprint density at radius 2 is 2.22 bits per heavy atom. The maximum Gasteiger partial charge on any atom is 0.144 e. The molecule has 0 saturated heterocycles. The van der Waals surface area contributed by atoms with Gasteiger partial charge in [-0.2, -0.15) is 0 Å². The summed E-state index contributed by atoms with van der Waals surface area (Å²) in [5, 5.41) is 6.99. The molecule has 50 valence electrons. The van der Waals surface area contributed by atoms with Crippen LogP contribution < -0.4 is 5.73 Å². The van der Waals surface area contributed by atoms with E-state index in [1.165, 1.54) is 0 Å². The van der Waals surface area contributed by atoms with Gasteiger partial charge in [-0.05, 0) is 13.8 Å². The van der Waals surface area contributed by atoms with Crippen LogP contribution in [0.3, 0.4) is 0 Å². The minimum Gasteiger partial charge on any atom is -0.382 e. The molecule has 0 radical (unpaired) electrons. The molecule has 0 aliphatic heterocycles. The minimum atomic E-state index is 0.271. The summed E-state index contributed by atoms with van der Waals surface area (Å²) in [5.41, 5.74) is 5.58. The van der Waals surface area contributed by atoms with Crippen LogP contribution in [0, 0.1) is 5.41 Å². The molecule has 0 aliphatic rings. The molecule has 0 aromatic rings. The Morgan fingerprint density at radius 3 is 2.56 bits per heavy atom. The zero-order valence-electron chi connectivity index (χ0n) is 5.68. The molecule has 0 amide bonds. The molecule has 0 heterocycles. The van der Waals surface area contributed by atoms with Crippen molar-refractivity contribution in [3.05, 3.63) is 12.3 Å². The monoisotopic (exact) mass is 125 g/mol. The zero-order valence-corrected chi connectivity index (χ0v) is 5.68. The molecule has 0 atom stereocenters. The average molecular weight is 125 g/mol. The highest BCUT2D eigenvalue weighted by atomic mass is 14.8. The lowest BCUT2D eigenvalue weighted by Crippen LogP contribution is -2.19. The lowest BCUT2D eigenvalue weighted by molar-refractivity contribution is 1.44. The van der Waals surface area contributed by atoms with Crippen LogP contribution in [0.5, 0.6) is 0 Å². The van der Waals surface area contributed by atoms with Crippen LogP contribution in [0.25, 0.3) is 0 Å². The normalized spacial score (nSPS) is 12.4. The standard InChI is InChI=1S/C6H11N3/c1-3-4-9-6(8)5(2)7/h3-4,7H,1-2H3,(H2,8,9)/b4-3-,7-5?. The molecule has 0 aromatic heterocycles. The van der Waals surface area contributed by atoms with Crippen molar-refractivity contribution in [1.29, 1.82) is 5.41 Å². The van der Waals surface area contributed by atoms with Gasteiger partial charge in [0, 0.05) is 6.20 Å². The highest BCUT2D eigenvalue weighted by Gasteiger charge is 1.88. The predicted molar refractivity (Wildman–Crippen MR) is 39.8 cm³/mol. The summed E-state index contributed by atoms with van der Waals surface area (Å²) in [4.78, 5) is 3.73. The Morgan fingerprint density at radius 1 is 1.67 bits per heavy atom. The summed E-state index contributed by atoms with van der Waals surface area (Å²) < 4.78 is 0. The van der Waals surface area contributed by atoms with Crippen molar-refractivity contribution in [2.24, 2.45) is 10.7 Å². The third kappa shape index (κ3) is 3.46. The van der Waals surface area contributed by atoms with E-state index >= 15 is 0 Å². The van der Waals surface area contributed by atoms with E-state index in [9.17, 15) is 0 Å². The van der Waals surface area contributed by atoms with E-state index in [0.717, 1.165) is 0 Å². The van der Waals surface area contributed by atoms with Crippen molar-refractivity contribution in [1.82, 2.24) is 0 Å². The highest BCUT2D eigenvalue weighted by Crippen LogP contribution is 1.76. The fourth-order valence-electron chi connectivity index (χ4n) is 0.252. The fraction of sp³-hybridized carbons (Fsp3) is 0.333. The van der Waals surface area contributed by atoms with Gasteiger partial charge in [0.05, 0.1) is 5.71 Å². The second-order valence-electron chi connectivity index (χ2n) is 1.62. The van der Waals surface area contributed by atoms with Crippen molar-refractivity contribution in [3.63, 3.8) is 0 Å². The van der Waals surface area contributed by atoms with E-state index in [2.05, 4.69) is 4.99 Å². The topological polar surface area (TPSA) is 62.2 Å². The molecule has 0 aliphatic carbocycles. The number of hydrogen-bond acceptors (Lipinski definition) is 2. The van der Waals surface area contributed by atoms with Crippen molar-refractivity contribution in [2.45, 2.75) is 13.8 Å². The molecule has 0 saturated carbocycles. The number of nitrogens with two attached hydrogens (primary N) is 1. The number of nitrogens with zero attached hydrogens (tertiary/aromatic N) is 1. The van der Waals surface area contributed by atoms with E-state index in [-0.39, 0.29) is 5.84 Å². The van der Waals surface area contributed by atoms with Gasteiger partial charge in [-0.1, -0.05) is 6.08 Å². The first-order valence-electron chi connectivity index (χ1n) is 2.68. The molecule has 9 heavy (non-hydrogen) atoms. The molecule has 0 fully saturated rings. The number of nitrogens with one attached hydrogen (secondary N) is 1. The van der Waals surface area contributed by atoms with Gasteiger partial charge in [-0.15, -0.1) is 0 Å². The second kappa shape index (κ2) is 3.83. The van der Waals surface area contributed by atoms with Gasteiger partial charge in [-0.3, -0.25) is 0 Å². The Labute approximate surface area is 54.8 Å². The molecule has 3 N–H and O–H groups in total. The highest BCUT2D eigenvalue weighted by molar-refractivity contribution is 6.38. The van der Waals surface area contributed by atoms with Crippen molar-refractivity contribution < 1.29 is 0 Å². The van der Waals surface area contributed by atoms with Gasteiger partial charge in [0.2, 0.25) is 0 Å². The molecule has 3 nitrogen and oxygen atoms in total. The van der Waals surface area contributed by atoms with Crippen molar-refractivity contribution >= 4 is 11.5 Å². The zero-order chi connectivity index (χ0) is 7.28. The van der Waals surface area contributed by atoms with E-state index in [4.69, 9.17) is 11.1 Å². The maximum absolute atomic E-state index is 6.99. The molecular formula is C6H11N3. The lowest BCUT2D eigenvalue weighted by atomic mass is 10.4. The summed E-state index contributed by atoms with van der Waals surface area (Å²) in [6.45, 7) is 3.44. The van der Waals surface area contributed by atoms with Gasteiger partial charge in [0.1, 0.15) is 5.84 Å². The second-order valence-corrected chi connectivity index (χ2v) is 1.62. The van der Waals surface area contributed by atoms with Crippen LogP contribution >= 0.6 is 0 Å². The summed E-state index contributed by atoms with van der Waals surface area (Å²) in [6.07, 6.45) is 3.32. The number of allylic oxidation sites excluding steroid dienone is 1. The minimum absolute atomic E-state index is 0.271. The van der Waals surface area contributed by atoms with Crippen LogP contribution in [-0.2, 0) is 0 Å². The maximum atomic E-state index is 6.99. The first-order valence-corrected chi connectivity index (χ1v) is 2.68. The SMILES string of the molecule is C/C=C\N=C(\N)C(C)=N. The molecule has 0 rings (SSSR count). The van der Waals surface area contributed by atoms with Gasteiger partial charge >= 0.3 is 0 Å². The molecule has 0 aromatic carbocycles. The predicted octanol–water partition coefficient (Wildman–Crippen LogP) is 0.917.